The van der Waals surface area contributed by atoms with Crippen LogP contribution in [0.1, 0.15) is 37.0 Å². The van der Waals surface area contributed by atoms with Crippen molar-refractivity contribution in [2.24, 2.45) is 5.92 Å². The summed E-state index contributed by atoms with van der Waals surface area (Å²) in [5, 5.41) is 2.88. The summed E-state index contributed by atoms with van der Waals surface area (Å²) in [6, 6.07) is 3.54. The van der Waals surface area contributed by atoms with E-state index in [1.807, 2.05) is 0 Å². The van der Waals surface area contributed by atoms with Gasteiger partial charge in [-0.1, -0.05) is 13.8 Å². The quantitative estimate of drug-likeness (QED) is 0.751. The first-order valence-corrected chi connectivity index (χ1v) is 5.38. The average Bonchev–Trinajstić information content (AvgIpc) is 2.25. The molecule has 0 aliphatic heterocycles. The zero-order chi connectivity index (χ0) is 11.1. The molecule has 0 spiro atoms. The first-order valence-electron chi connectivity index (χ1n) is 5.38. The summed E-state index contributed by atoms with van der Waals surface area (Å²) >= 11 is 0. The SMILES string of the molecule is CC(C)CCCNC(=O)c1cccnc1. The molecule has 0 bridgehead atoms. The Kier molecular flexibility index (Phi) is 4.81. The molecule has 1 N–H and O–H groups in total. The van der Waals surface area contributed by atoms with E-state index in [0.29, 0.717) is 11.5 Å². The van der Waals surface area contributed by atoms with E-state index >= 15 is 0 Å². The second kappa shape index (κ2) is 6.17. The third kappa shape index (κ3) is 4.58. The number of hydrogen-bond acceptors (Lipinski definition) is 2. The van der Waals surface area contributed by atoms with E-state index in [1.165, 1.54) is 0 Å². The molecule has 1 heterocycles. The molecule has 3 nitrogen and oxygen atoms in total. The number of pyridine rings is 1. The Morgan fingerprint density at radius 2 is 2.33 bits per heavy atom. The fourth-order valence-corrected chi connectivity index (χ4v) is 1.31. The van der Waals surface area contributed by atoms with Crippen molar-refractivity contribution in [3.8, 4) is 0 Å². The smallest absolute Gasteiger partial charge is 0.252 e. The van der Waals surface area contributed by atoms with Crippen LogP contribution < -0.4 is 5.32 Å². The van der Waals surface area contributed by atoms with Gasteiger partial charge in [0, 0.05) is 18.9 Å². The summed E-state index contributed by atoms with van der Waals surface area (Å²) in [6.07, 6.45) is 5.42. The van der Waals surface area contributed by atoms with E-state index in [-0.39, 0.29) is 5.91 Å². The van der Waals surface area contributed by atoms with E-state index in [2.05, 4.69) is 24.1 Å². The first kappa shape index (κ1) is 11.7. The molecule has 0 unspecified atom stereocenters. The highest BCUT2D eigenvalue weighted by Crippen LogP contribution is 2.02. The van der Waals surface area contributed by atoms with Crippen LogP contribution in [0, 0.1) is 5.92 Å². The van der Waals surface area contributed by atoms with Crippen molar-refractivity contribution in [2.45, 2.75) is 26.7 Å². The summed E-state index contributed by atoms with van der Waals surface area (Å²) in [7, 11) is 0. The van der Waals surface area contributed by atoms with Crippen LogP contribution in [0.4, 0.5) is 0 Å². The lowest BCUT2D eigenvalue weighted by atomic mass is 10.1. The molecule has 1 aromatic heterocycles. The van der Waals surface area contributed by atoms with Gasteiger partial charge in [0.2, 0.25) is 0 Å². The minimum absolute atomic E-state index is 0.0353. The van der Waals surface area contributed by atoms with E-state index in [9.17, 15) is 4.79 Å². The lowest BCUT2D eigenvalue weighted by Crippen LogP contribution is -2.24. The van der Waals surface area contributed by atoms with Gasteiger partial charge in [-0.15, -0.1) is 0 Å². The molecule has 3 heteroatoms. The maximum atomic E-state index is 11.5. The molecular weight excluding hydrogens is 188 g/mol. The lowest BCUT2D eigenvalue weighted by molar-refractivity contribution is 0.0952. The van der Waals surface area contributed by atoms with Crippen LogP contribution in [-0.4, -0.2) is 17.4 Å². The molecule has 0 saturated heterocycles. The van der Waals surface area contributed by atoms with Gasteiger partial charge in [-0.2, -0.15) is 0 Å². The van der Waals surface area contributed by atoms with Crippen LogP contribution in [-0.2, 0) is 0 Å². The number of carbonyl (C=O) groups excluding carboxylic acids is 1. The predicted molar refractivity (Wildman–Crippen MR) is 60.6 cm³/mol. The molecular formula is C12H18N2O. The Hall–Kier alpha value is -1.38. The molecule has 15 heavy (non-hydrogen) atoms. The Morgan fingerprint density at radius 3 is 2.93 bits per heavy atom. The van der Waals surface area contributed by atoms with Crippen LogP contribution in [0.3, 0.4) is 0 Å². The van der Waals surface area contributed by atoms with Crippen molar-refractivity contribution in [3.63, 3.8) is 0 Å². The number of carbonyl (C=O) groups is 1. The van der Waals surface area contributed by atoms with E-state index in [0.717, 1.165) is 19.4 Å². The zero-order valence-electron chi connectivity index (χ0n) is 9.36. The number of rotatable bonds is 5. The predicted octanol–water partition coefficient (Wildman–Crippen LogP) is 2.25. The van der Waals surface area contributed by atoms with Gasteiger partial charge < -0.3 is 5.32 Å². The Morgan fingerprint density at radius 1 is 1.53 bits per heavy atom. The van der Waals surface area contributed by atoms with Gasteiger partial charge in [-0.05, 0) is 30.9 Å². The van der Waals surface area contributed by atoms with Gasteiger partial charge in [-0.25, -0.2) is 0 Å². The minimum Gasteiger partial charge on any atom is -0.352 e. The van der Waals surface area contributed by atoms with Crippen molar-refractivity contribution in [3.05, 3.63) is 30.1 Å². The second-order valence-corrected chi connectivity index (χ2v) is 4.03. The number of nitrogens with zero attached hydrogens (tertiary/aromatic N) is 1. The number of amides is 1. The third-order valence-corrected chi connectivity index (χ3v) is 2.17. The molecule has 0 aliphatic carbocycles. The maximum absolute atomic E-state index is 11.5. The molecule has 1 rings (SSSR count). The van der Waals surface area contributed by atoms with Crippen LogP contribution in [0.25, 0.3) is 0 Å². The largest absolute Gasteiger partial charge is 0.352 e. The minimum atomic E-state index is -0.0353. The fourth-order valence-electron chi connectivity index (χ4n) is 1.31. The van der Waals surface area contributed by atoms with Gasteiger partial charge in [-0.3, -0.25) is 9.78 Å². The van der Waals surface area contributed by atoms with Crippen molar-refractivity contribution in [1.29, 1.82) is 0 Å². The molecule has 0 aliphatic rings. The number of hydrogen-bond donors (Lipinski definition) is 1. The highest BCUT2D eigenvalue weighted by molar-refractivity contribution is 5.93. The highest BCUT2D eigenvalue weighted by Gasteiger charge is 2.03. The monoisotopic (exact) mass is 206 g/mol. The maximum Gasteiger partial charge on any atom is 0.252 e. The summed E-state index contributed by atoms with van der Waals surface area (Å²) in [5.74, 6) is 0.659. The van der Waals surface area contributed by atoms with E-state index < -0.39 is 0 Å². The highest BCUT2D eigenvalue weighted by atomic mass is 16.1. The lowest BCUT2D eigenvalue weighted by Gasteiger charge is -2.06. The molecule has 0 aromatic carbocycles. The normalized spacial score (nSPS) is 10.3. The van der Waals surface area contributed by atoms with Crippen molar-refractivity contribution < 1.29 is 4.79 Å². The number of aromatic nitrogens is 1. The summed E-state index contributed by atoms with van der Waals surface area (Å²) in [4.78, 5) is 15.4. The van der Waals surface area contributed by atoms with Crippen LogP contribution in [0.15, 0.2) is 24.5 Å². The van der Waals surface area contributed by atoms with Crippen molar-refractivity contribution in [1.82, 2.24) is 10.3 Å². The van der Waals surface area contributed by atoms with Gasteiger partial charge in [0.05, 0.1) is 5.56 Å². The topological polar surface area (TPSA) is 42.0 Å². The fraction of sp³-hybridized carbons (Fsp3) is 0.500. The zero-order valence-corrected chi connectivity index (χ0v) is 9.36. The second-order valence-electron chi connectivity index (χ2n) is 4.03. The van der Waals surface area contributed by atoms with Crippen LogP contribution >= 0.6 is 0 Å². The van der Waals surface area contributed by atoms with Crippen LogP contribution in [0.5, 0.6) is 0 Å². The summed E-state index contributed by atoms with van der Waals surface area (Å²) in [6.45, 7) is 5.11. The van der Waals surface area contributed by atoms with E-state index in [4.69, 9.17) is 0 Å². The summed E-state index contributed by atoms with van der Waals surface area (Å²) in [5.41, 5.74) is 0.627. The molecule has 0 saturated carbocycles. The first-order chi connectivity index (χ1) is 7.20. The number of nitrogens with one attached hydrogen (secondary N) is 1. The van der Waals surface area contributed by atoms with Crippen LogP contribution in [0.2, 0.25) is 0 Å². The molecule has 1 aromatic rings. The van der Waals surface area contributed by atoms with Gasteiger partial charge >= 0.3 is 0 Å². The molecule has 0 atom stereocenters. The van der Waals surface area contributed by atoms with Gasteiger partial charge in [0.25, 0.3) is 5.91 Å². The van der Waals surface area contributed by atoms with Crippen molar-refractivity contribution in [2.75, 3.05) is 6.54 Å². The molecule has 82 valence electrons. The Bertz CT molecular complexity index is 296. The third-order valence-electron chi connectivity index (χ3n) is 2.17. The average molecular weight is 206 g/mol. The standard InChI is InChI=1S/C12H18N2O/c1-10(2)5-3-8-14-12(15)11-6-4-7-13-9-11/h4,6-7,9-10H,3,5,8H2,1-2H3,(H,14,15). The van der Waals surface area contributed by atoms with Crippen molar-refractivity contribution >= 4 is 5.91 Å². The Labute approximate surface area is 90.9 Å². The summed E-state index contributed by atoms with van der Waals surface area (Å²) < 4.78 is 0. The van der Waals surface area contributed by atoms with Gasteiger partial charge in [0.15, 0.2) is 0 Å². The molecule has 1 amide bonds. The Balaban J connectivity index is 2.25. The van der Waals surface area contributed by atoms with E-state index in [1.54, 1.807) is 24.5 Å². The van der Waals surface area contributed by atoms with Gasteiger partial charge in [0.1, 0.15) is 0 Å². The molecule has 0 radical (unpaired) electrons. The molecule has 0 fully saturated rings.